The van der Waals surface area contributed by atoms with Gasteiger partial charge in [-0.15, -0.1) is 11.3 Å². The molecule has 0 aliphatic heterocycles. The Bertz CT molecular complexity index is 543. The highest BCUT2D eigenvalue weighted by molar-refractivity contribution is 7.09. The van der Waals surface area contributed by atoms with Crippen LogP contribution >= 0.6 is 11.3 Å². The summed E-state index contributed by atoms with van der Waals surface area (Å²) in [6.07, 6.45) is 2.33. The number of anilines is 1. The van der Waals surface area contributed by atoms with Gasteiger partial charge in [-0.05, 0) is 12.1 Å². The summed E-state index contributed by atoms with van der Waals surface area (Å²) in [6, 6.07) is 3.99. The molecule has 0 fully saturated rings. The van der Waals surface area contributed by atoms with E-state index in [-0.39, 0.29) is 11.3 Å². The Hall–Kier alpha value is -1.95. The molecule has 0 aliphatic rings. The van der Waals surface area contributed by atoms with Gasteiger partial charge in [0.2, 0.25) is 0 Å². The summed E-state index contributed by atoms with van der Waals surface area (Å²) < 4.78 is 13.5. The Balaban J connectivity index is 2.06. The van der Waals surface area contributed by atoms with E-state index in [9.17, 15) is 9.18 Å². The maximum atomic E-state index is 13.5. The van der Waals surface area contributed by atoms with Gasteiger partial charge in [-0.3, -0.25) is 0 Å². The smallest absolute Gasteiger partial charge is 0.337 e. The van der Waals surface area contributed by atoms with Crippen molar-refractivity contribution in [3.8, 4) is 0 Å². The second-order valence-corrected chi connectivity index (χ2v) is 4.55. The quantitative estimate of drug-likeness (QED) is 0.873. The summed E-state index contributed by atoms with van der Waals surface area (Å²) >= 11 is 1.51. The van der Waals surface area contributed by atoms with E-state index < -0.39 is 11.8 Å². The fraction of sp³-hybridized carbons (Fsp3) is 0.167. The van der Waals surface area contributed by atoms with E-state index in [2.05, 4.69) is 10.3 Å². The predicted molar refractivity (Wildman–Crippen MR) is 67.7 cm³/mol. The summed E-state index contributed by atoms with van der Waals surface area (Å²) in [5.74, 6) is -1.71. The molecule has 4 nitrogen and oxygen atoms in total. The summed E-state index contributed by atoms with van der Waals surface area (Å²) in [6.45, 7) is 0.439. The van der Waals surface area contributed by atoms with E-state index in [0.717, 1.165) is 5.01 Å². The number of nitrogens with zero attached hydrogens (tertiary/aromatic N) is 1. The van der Waals surface area contributed by atoms with Gasteiger partial charge in [0, 0.05) is 24.5 Å². The zero-order chi connectivity index (χ0) is 13.0. The van der Waals surface area contributed by atoms with Crippen LogP contribution in [-0.2, 0) is 6.42 Å². The standard InChI is InChI=1S/C12H11FN2O2S/c13-9-3-1-2-8(12(16)17)11(9)15-5-4-10-14-6-7-18-10/h1-3,6-7,15H,4-5H2,(H,16,17). The fourth-order valence-corrected chi connectivity index (χ4v) is 2.17. The molecule has 1 aromatic carbocycles. The lowest BCUT2D eigenvalue weighted by atomic mass is 10.1. The van der Waals surface area contributed by atoms with Crippen molar-refractivity contribution < 1.29 is 14.3 Å². The Morgan fingerprint density at radius 2 is 2.33 bits per heavy atom. The Kier molecular flexibility index (Phi) is 3.88. The molecular weight excluding hydrogens is 255 g/mol. The third-order valence-electron chi connectivity index (χ3n) is 2.37. The number of nitrogens with one attached hydrogen (secondary N) is 1. The molecule has 2 aromatic rings. The van der Waals surface area contributed by atoms with Crippen molar-refractivity contribution in [2.45, 2.75) is 6.42 Å². The molecule has 2 N–H and O–H groups in total. The van der Waals surface area contributed by atoms with Gasteiger partial charge >= 0.3 is 5.97 Å². The molecule has 0 saturated heterocycles. The van der Waals surface area contributed by atoms with E-state index in [4.69, 9.17) is 5.11 Å². The number of halogens is 1. The number of carbonyl (C=O) groups is 1. The number of hydrogen-bond acceptors (Lipinski definition) is 4. The Morgan fingerprint density at radius 3 is 3.00 bits per heavy atom. The van der Waals surface area contributed by atoms with Gasteiger partial charge in [0.1, 0.15) is 5.82 Å². The third-order valence-corrected chi connectivity index (χ3v) is 3.21. The number of aromatic nitrogens is 1. The maximum absolute atomic E-state index is 13.5. The van der Waals surface area contributed by atoms with Crippen molar-refractivity contribution in [2.24, 2.45) is 0 Å². The number of carboxylic acids is 1. The molecule has 0 unspecified atom stereocenters. The van der Waals surface area contributed by atoms with Crippen LogP contribution in [0.25, 0.3) is 0 Å². The minimum atomic E-state index is -1.15. The molecule has 0 aliphatic carbocycles. The van der Waals surface area contributed by atoms with Crippen LogP contribution in [0.4, 0.5) is 10.1 Å². The van der Waals surface area contributed by atoms with Gasteiger partial charge in [-0.25, -0.2) is 14.2 Å². The first-order chi connectivity index (χ1) is 8.68. The second kappa shape index (κ2) is 5.59. The third kappa shape index (κ3) is 2.84. The van der Waals surface area contributed by atoms with Gasteiger partial charge in [-0.2, -0.15) is 0 Å². The molecule has 0 saturated carbocycles. The molecule has 2 rings (SSSR count). The van der Waals surface area contributed by atoms with Crippen LogP contribution in [0.15, 0.2) is 29.8 Å². The van der Waals surface area contributed by atoms with Gasteiger partial charge in [0.05, 0.1) is 16.3 Å². The predicted octanol–water partition coefficient (Wildman–Crippen LogP) is 2.64. The lowest BCUT2D eigenvalue weighted by Crippen LogP contribution is -2.11. The fourth-order valence-electron chi connectivity index (χ4n) is 1.55. The highest BCUT2D eigenvalue weighted by Gasteiger charge is 2.13. The van der Waals surface area contributed by atoms with Crippen LogP contribution in [0.1, 0.15) is 15.4 Å². The van der Waals surface area contributed by atoms with E-state index in [1.54, 1.807) is 6.20 Å². The van der Waals surface area contributed by atoms with Gasteiger partial charge in [0.25, 0.3) is 0 Å². The molecule has 1 aromatic heterocycles. The van der Waals surface area contributed by atoms with E-state index in [0.29, 0.717) is 13.0 Å². The summed E-state index contributed by atoms with van der Waals surface area (Å²) in [4.78, 5) is 15.0. The van der Waals surface area contributed by atoms with E-state index >= 15 is 0 Å². The molecule has 0 spiro atoms. The second-order valence-electron chi connectivity index (χ2n) is 3.57. The first-order valence-electron chi connectivity index (χ1n) is 5.32. The van der Waals surface area contributed by atoms with Crippen molar-refractivity contribution in [3.63, 3.8) is 0 Å². The van der Waals surface area contributed by atoms with Crippen molar-refractivity contribution in [3.05, 3.63) is 46.2 Å². The SMILES string of the molecule is O=C(O)c1cccc(F)c1NCCc1nccs1. The molecule has 0 atom stereocenters. The average Bonchev–Trinajstić information content (AvgIpc) is 2.84. The summed E-state index contributed by atoms with van der Waals surface area (Å²) in [5, 5.41) is 14.6. The summed E-state index contributed by atoms with van der Waals surface area (Å²) in [5.41, 5.74) is -0.0318. The Morgan fingerprint density at radius 1 is 1.50 bits per heavy atom. The number of benzene rings is 1. The van der Waals surface area contributed by atoms with Crippen molar-refractivity contribution >= 4 is 23.0 Å². The lowest BCUT2D eigenvalue weighted by molar-refractivity contribution is 0.0697. The van der Waals surface area contributed by atoms with Crippen molar-refractivity contribution in [1.29, 1.82) is 0 Å². The Labute approximate surface area is 107 Å². The monoisotopic (exact) mass is 266 g/mol. The van der Waals surface area contributed by atoms with Crippen LogP contribution in [0.2, 0.25) is 0 Å². The molecule has 94 valence electrons. The molecular formula is C12H11FN2O2S. The van der Waals surface area contributed by atoms with Gasteiger partial charge in [-0.1, -0.05) is 6.07 Å². The molecule has 1 heterocycles. The van der Waals surface area contributed by atoms with E-state index in [1.807, 2.05) is 5.38 Å². The number of hydrogen-bond donors (Lipinski definition) is 2. The number of para-hydroxylation sites is 1. The van der Waals surface area contributed by atoms with Crippen LogP contribution in [0.5, 0.6) is 0 Å². The normalized spacial score (nSPS) is 10.3. The highest BCUT2D eigenvalue weighted by atomic mass is 32.1. The maximum Gasteiger partial charge on any atom is 0.337 e. The number of aromatic carboxylic acids is 1. The molecule has 0 radical (unpaired) electrons. The molecule has 0 bridgehead atoms. The highest BCUT2D eigenvalue weighted by Crippen LogP contribution is 2.20. The minimum absolute atomic E-state index is 0.0292. The number of thiazole rings is 1. The molecule has 6 heteroatoms. The lowest BCUT2D eigenvalue weighted by Gasteiger charge is -2.09. The first kappa shape index (κ1) is 12.5. The van der Waals surface area contributed by atoms with Gasteiger partial charge in [0.15, 0.2) is 0 Å². The number of rotatable bonds is 5. The molecule has 0 amide bonds. The van der Waals surface area contributed by atoms with Crippen LogP contribution in [-0.4, -0.2) is 22.6 Å². The van der Waals surface area contributed by atoms with Crippen molar-refractivity contribution in [2.75, 3.05) is 11.9 Å². The van der Waals surface area contributed by atoms with E-state index in [1.165, 1.54) is 29.5 Å². The number of carboxylic acid groups (broad SMARTS) is 1. The largest absolute Gasteiger partial charge is 0.478 e. The van der Waals surface area contributed by atoms with Crippen LogP contribution < -0.4 is 5.32 Å². The van der Waals surface area contributed by atoms with Crippen molar-refractivity contribution in [1.82, 2.24) is 4.98 Å². The van der Waals surface area contributed by atoms with Crippen LogP contribution in [0.3, 0.4) is 0 Å². The van der Waals surface area contributed by atoms with Gasteiger partial charge < -0.3 is 10.4 Å². The minimum Gasteiger partial charge on any atom is -0.478 e. The zero-order valence-electron chi connectivity index (χ0n) is 9.39. The summed E-state index contributed by atoms with van der Waals surface area (Å²) in [7, 11) is 0. The first-order valence-corrected chi connectivity index (χ1v) is 6.20. The topological polar surface area (TPSA) is 62.2 Å². The van der Waals surface area contributed by atoms with Crippen LogP contribution in [0, 0.1) is 5.82 Å². The molecule has 18 heavy (non-hydrogen) atoms. The average molecular weight is 266 g/mol. The zero-order valence-corrected chi connectivity index (χ0v) is 10.2.